The van der Waals surface area contributed by atoms with Crippen molar-refractivity contribution in [2.45, 2.75) is 45.3 Å². The Kier molecular flexibility index (Phi) is 5.88. The van der Waals surface area contributed by atoms with Crippen LogP contribution < -0.4 is 20.5 Å². The average Bonchev–Trinajstić information content (AvgIpc) is 3.38. The normalized spacial score (nSPS) is 20.3. The van der Waals surface area contributed by atoms with Gasteiger partial charge in [0.25, 0.3) is 0 Å². The van der Waals surface area contributed by atoms with Crippen molar-refractivity contribution in [1.29, 1.82) is 0 Å². The van der Waals surface area contributed by atoms with Crippen LogP contribution in [0, 0.1) is 13.8 Å². The molecule has 0 spiro atoms. The molecule has 3 heterocycles. The number of piperazine rings is 1. The van der Waals surface area contributed by atoms with Crippen LogP contribution in [0.25, 0.3) is 10.9 Å². The number of fused-ring (bicyclic) bond motifs is 3. The van der Waals surface area contributed by atoms with E-state index in [1.807, 2.05) is 30.9 Å². The summed E-state index contributed by atoms with van der Waals surface area (Å²) in [6.45, 7) is 7.48. The smallest absolute Gasteiger partial charge is 0.415 e. The Morgan fingerprint density at radius 2 is 1.91 bits per heavy atom. The fraction of sp³-hybridized carbons (Fsp3) is 0.423. The van der Waals surface area contributed by atoms with Crippen molar-refractivity contribution in [3.05, 3.63) is 47.3 Å². The van der Waals surface area contributed by atoms with Crippen molar-refractivity contribution in [3.8, 4) is 11.5 Å². The maximum absolute atomic E-state index is 13.1. The van der Waals surface area contributed by atoms with Crippen molar-refractivity contribution in [1.82, 2.24) is 19.8 Å². The fourth-order valence-electron chi connectivity index (χ4n) is 5.23. The molecule has 2 aromatic carbocycles. The van der Waals surface area contributed by atoms with Crippen LogP contribution in [0.1, 0.15) is 36.3 Å². The van der Waals surface area contributed by atoms with Crippen LogP contribution in [-0.4, -0.2) is 65.2 Å². The molecular weight excluding hydrogens is 444 g/mol. The van der Waals surface area contributed by atoms with Crippen LogP contribution in [0.5, 0.6) is 11.5 Å². The minimum Gasteiger partial charge on any atom is -0.493 e. The van der Waals surface area contributed by atoms with Gasteiger partial charge in [-0.1, -0.05) is 6.07 Å². The minimum absolute atomic E-state index is 0.0556. The van der Waals surface area contributed by atoms with Gasteiger partial charge in [0.1, 0.15) is 11.6 Å². The van der Waals surface area contributed by atoms with Gasteiger partial charge in [-0.2, -0.15) is 0 Å². The lowest BCUT2D eigenvalue weighted by molar-refractivity contribution is 0.117. The zero-order valence-electron chi connectivity index (χ0n) is 20.8. The van der Waals surface area contributed by atoms with Crippen LogP contribution >= 0.6 is 0 Å². The number of amides is 1. The number of anilines is 2. The van der Waals surface area contributed by atoms with Gasteiger partial charge in [-0.3, -0.25) is 4.90 Å². The van der Waals surface area contributed by atoms with E-state index in [1.54, 1.807) is 19.2 Å². The van der Waals surface area contributed by atoms with Gasteiger partial charge in [0.05, 0.1) is 18.7 Å². The Balaban J connectivity index is 1.46. The van der Waals surface area contributed by atoms with E-state index in [1.165, 1.54) is 0 Å². The third kappa shape index (κ3) is 4.43. The SMILES string of the molecule is COc1cc2nc(C)nc(N[C@H](C)c3cc(C)cc(N)c3)c2cc1OC(=O)N1CC2CC1CN2C. The molecule has 1 amide bonds. The Morgan fingerprint density at radius 1 is 1.11 bits per heavy atom. The first-order chi connectivity index (χ1) is 16.7. The summed E-state index contributed by atoms with van der Waals surface area (Å²) in [4.78, 5) is 26.4. The molecule has 2 fully saturated rings. The first kappa shape index (κ1) is 23.2. The molecule has 0 radical (unpaired) electrons. The van der Waals surface area contributed by atoms with E-state index in [0.717, 1.165) is 35.2 Å². The second-order valence-electron chi connectivity index (χ2n) is 9.69. The van der Waals surface area contributed by atoms with Crippen LogP contribution in [0.3, 0.4) is 0 Å². The highest BCUT2D eigenvalue weighted by Crippen LogP contribution is 2.37. The standard InChI is InChI=1S/C26H32N6O3/c1-14-6-17(8-18(27)7-14)15(2)28-25-21-10-24(23(34-5)11-22(21)29-16(3)30-25)35-26(33)32-13-19-9-20(32)12-31(19)4/h6-8,10-11,15,19-20H,9,12-13,27H2,1-5H3,(H,28,29,30)/t15-,19?,20?/m1/s1. The van der Waals surface area contributed by atoms with Gasteiger partial charge in [0.15, 0.2) is 11.5 Å². The Labute approximate surface area is 205 Å². The van der Waals surface area contributed by atoms with Crippen molar-refractivity contribution in [3.63, 3.8) is 0 Å². The van der Waals surface area contributed by atoms with Gasteiger partial charge in [-0.15, -0.1) is 0 Å². The molecule has 3 N–H and O–H groups in total. The van der Waals surface area contributed by atoms with Crippen LogP contribution in [-0.2, 0) is 0 Å². The molecule has 0 saturated carbocycles. The number of likely N-dealkylation sites (tertiary alicyclic amines) is 2. The van der Waals surface area contributed by atoms with Gasteiger partial charge in [0, 0.05) is 42.3 Å². The van der Waals surface area contributed by atoms with E-state index >= 15 is 0 Å². The number of nitrogens with two attached hydrogens (primary N) is 1. The highest BCUT2D eigenvalue weighted by atomic mass is 16.6. The summed E-state index contributed by atoms with van der Waals surface area (Å²) in [6.07, 6.45) is 0.637. The number of rotatable bonds is 5. The molecule has 2 aliphatic rings. The van der Waals surface area contributed by atoms with E-state index in [4.69, 9.17) is 15.2 Å². The predicted molar refractivity (Wildman–Crippen MR) is 136 cm³/mol. The Hall–Kier alpha value is -3.59. The molecule has 9 nitrogen and oxygen atoms in total. The first-order valence-electron chi connectivity index (χ1n) is 11.9. The summed E-state index contributed by atoms with van der Waals surface area (Å²) >= 11 is 0. The summed E-state index contributed by atoms with van der Waals surface area (Å²) in [6, 6.07) is 10.1. The van der Waals surface area contributed by atoms with Crippen molar-refractivity contribution < 1.29 is 14.3 Å². The molecule has 0 aliphatic carbocycles. The number of aromatic nitrogens is 2. The Morgan fingerprint density at radius 3 is 2.57 bits per heavy atom. The van der Waals surface area contributed by atoms with Crippen molar-refractivity contribution in [2.75, 3.05) is 38.3 Å². The number of likely N-dealkylation sites (N-methyl/N-ethyl adjacent to an activating group) is 1. The second-order valence-corrected chi connectivity index (χ2v) is 9.69. The topological polar surface area (TPSA) is 106 Å². The predicted octanol–water partition coefficient (Wildman–Crippen LogP) is 3.90. The Bertz CT molecular complexity index is 1270. The molecule has 5 rings (SSSR count). The highest BCUT2D eigenvalue weighted by Gasteiger charge is 2.44. The second kappa shape index (κ2) is 8.88. The van der Waals surface area contributed by atoms with E-state index in [0.29, 0.717) is 41.2 Å². The summed E-state index contributed by atoms with van der Waals surface area (Å²) < 4.78 is 11.4. The van der Waals surface area contributed by atoms with Gasteiger partial charge in [0.2, 0.25) is 0 Å². The largest absolute Gasteiger partial charge is 0.493 e. The van der Waals surface area contributed by atoms with Gasteiger partial charge < -0.3 is 25.4 Å². The number of benzene rings is 2. The number of nitrogen functional groups attached to an aromatic ring is 1. The van der Waals surface area contributed by atoms with Crippen LogP contribution in [0.2, 0.25) is 0 Å². The lowest BCUT2D eigenvalue weighted by atomic mass is 10.0. The number of nitrogens with one attached hydrogen (secondary N) is 1. The lowest BCUT2D eigenvalue weighted by Gasteiger charge is -2.31. The fourth-order valence-corrected chi connectivity index (χ4v) is 5.23. The number of hydrogen-bond donors (Lipinski definition) is 2. The number of carbonyl (C=O) groups is 1. The van der Waals surface area contributed by atoms with Gasteiger partial charge in [-0.25, -0.2) is 14.8 Å². The third-order valence-corrected chi connectivity index (χ3v) is 7.01. The number of methoxy groups -OCH3 is 1. The summed E-state index contributed by atoms with van der Waals surface area (Å²) in [5.41, 5.74) is 9.64. The number of ether oxygens (including phenoxy) is 2. The lowest BCUT2D eigenvalue weighted by Crippen LogP contribution is -2.48. The molecule has 2 bridgehead atoms. The maximum Gasteiger partial charge on any atom is 0.415 e. The van der Waals surface area contributed by atoms with Crippen molar-refractivity contribution >= 4 is 28.5 Å². The molecule has 3 atom stereocenters. The van der Waals surface area contributed by atoms with Crippen molar-refractivity contribution in [2.24, 2.45) is 0 Å². The van der Waals surface area contributed by atoms with Crippen LogP contribution in [0.15, 0.2) is 30.3 Å². The molecular formula is C26H32N6O3. The molecule has 184 valence electrons. The first-order valence-corrected chi connectivity index (χ1v) is 11.9. The zero-order valence-corrected chi connectivity index (χ0v) is 20.8. The molecule has 2 aliphatic heterocycles. The van der Waals surface area contributed by atoms with E-state index < -0.39 is 0 Å². The number of carbonyl (C=O) groups excluding carboxylic acids is 1. The molecule has 3 aromatic rings. The number of hydrogen-bond acceptors (Lipinski definition) is 8. The highest BCUT2D eigenvalue weighted by molar-refractivity contribution is 5.92. The summed E-state index contributed by atoms with van der Waals surface area (Å²) in [5.74, 6) is 2.09. The zero-order chi connectivity index (χ0) is 24.9. The molecule has 35 heavy (non-hydrogen) atoms. The summed E-state index contributed by atoms with van der Waals surface area (Å²) in [7, 11) is 3.66. The maximum atomic E-state index is 13.1. The third-order valence-electron chi connectivity index (χ3n) is 7.01. The molecule has 9 heteroatoms. The van der Waals surface area contributed by atoms with Gasteiger partial charge in [-0.05, 0) is 63.6 Å². The van der Waals surface area contributed by atoms with Crippen LogP contribution in [0.4, 0.5) is 16.3 Å². The van der Waals surface area contributed by atoms with E-state index in [2.05, 4.69) is 40.2 Å². The van der Waals surface area contributed by atoms with E-state index in [-0.39, 0.29) is 18.2 Å². The monoisotopic (exact) mass is 476 g/mol. The molecule has 2 unspecified atom stereocenters. The van der Waals surface area contributed by atoms with E-state index in [9.17, 15) is 4.79 Å². The minimum atomic E-state index is -0.352. The number of aryl methyl sites for hydroxylation is 2. The molecule has 1 aromatic heterocycles. The molecule has 2 saturated heterocycles. The van der Waals surface area contributed by atoms with Gasteiger partial charge >= 0.3 is 6.09 Å². The quantitative estimate of drug-likeness (QED) is 0.534. The summed E-state index contributed by atoms with van der Waals surface area (Å²) in [5, 5.41) is 4.24. The average molecular weight is 477 g/mol. The number of nitrogens with zero attached hydrogens (tertiary/aromatic N) is 4.